The van der Waals surface area contributed by atoms with E-state index in [1.54, 1.807) is 42.2 Å². The molecule has 0 aliphatic rings. The van der Waals surface area contributed by atoms with Crippen molar-refractivity contribution in [2.45, 2.75) is 0 Å². The maximum absolute atomic E-state index is 13.7. The quantitative estimate of drug-likeness (QED) is 0.659. The lowest BCUT2D eigenvalue weighted by atomic mass is 9.98. The zero-order chi connectivity index (χ0) is 13.4. The fraction of sp³-hybridized carbons (Fsp3) is 0.0667. The van der Waals surface area contributed by atoms with E-state index in [1.165, 1.54) is 18.3 Å². The molecule has 0 spiro atoms. The molecule has 19 heavy (non-hydrogen) atoms. The number of carbonyl (C=O) groups excluding carboxylic acids is 1. The SMILES string of the molecule is Cn1cc(C(=O)c2ccc(F)c3ccccc23)cn1. The monoisotopic (exact) mass is 254 g/mol. The van der Waals surface area contributed by atoms with Gasteiger partial charge >= 0.3 is 0 Å². The Morgan fingerprint density at radius 3 is 2.58 bits per heavy atom. The molecule has 0 aliphatic heterocycles. The van der Waals surface area contributed by atoms with Crippen LogP contribution in [0.3, 0.4) is 0 Å². The molecule has 0 N–H and O–H groups in total. The predicted octanol–water partition coefficient (Wildman–Crippen LogP) is 2.94. The summed E-state index contributed by atoms with van der Waals surface area (Å²) >= 11 is 0. The van der Waals surface area contributed by atoms with E-state index in [0.29, 0.717) is 21.9 Å². The number of fused-ring (bicyclic) bond motifs is 1. The fourth-order valence-corrected chi connectivity index (χ4v) is 2.15. The molecule has 0 radical (unpaired) electrons. The van der Waals surface area contributed by atoms with Gasteiger partial charge in [-0.25, -0.2) is 4.39 Å². The van der Waals surface area contributed by atoms with Gasteiger partial charge in [-0.2, -0.15) is 5.10 Å². The summed E-state index contributed by atoms with van der Waals surface area (Å²) in [5.41, 5.74) is 0.990. The fourth-order valence-electron chi connectivity index (χ4n) is 2.15. The van der Waals surface area contributed by atoms with Gasteiger partial charge in [0.05, 0.1) is 11.8 Å². The number of aryl methyl sites for hydroxylation is 1. The second kappa shape index (κ2) is 4.31. The number of halogens is 1. The molecular formula is C15H11FN2O. The number of ketones is 1. The summed E-state index contributed by atoms with van der Waals surface area (Å²) < 4.78 is 15.3. The van der Waals surface area contributed by atoms with Crippen molar-refractivity contribution in [1.82, 2.24) is 9.78 Å². The predicted molar refractivity (Wildman–Crippen MR) is 70.5 cm³/mol. The van der Waals surface area contributed by atoms with E-state index in [0.717, 1.165) is 0 Å². The molecule has 0 saturated heterocycles. The van der Waals surface area contributed by atoms with Crippen LogP contribution >= 0.6 is 0 Å². The molecule has 0 atom stereocenters. The Labute approximate surface area is 109 Å². The normalized spacial score (nSPS) is 10.8. The Hall–Kier alpha value is -2.49. The number of carbonyl (C=O) groups is 1. The Balaban J connectivity index is 2.21. The van der Waals surface area contributed by atoms with Crippen LogP contribution in [-0.2, 0) is 7.05 Å². The summed E-state index contributed by atoms with van der Waals surface area (Å²) in [6, 6.07) is 9.82. The molecule has 0 unspecified atom stereocenters. The first kappa shape index (κ1) is 11.6. The molecule has 0 bridgehead atoms. The number of hydrogen-bond acceptors (Lipinski definition) is 2. The lowest BCUT2D eigenvalue weighted by Crippen LogP contribution is -2.01. The highest BCUT2D eigenvalue weighted by molar-refractivity contribution is 6.16. The highest BCUT2D eigenvalue weighted by Gasteiger charge is 2.15. The van der Waals surface area contributed by atoms with Crippen LogP contribution in [0.25, 0.3) is 10.8 Å². The minimum absolute atomic E-state index is 0.149. The van der Waals surface area contributed by atoms with Crippen molar-refractivity contribution < 1.29 is 9.18 Å². The maximum atomic E-state index is 13.7. The molecule has 3 rings (SSSR count). The van der Waals surface area contributed by atoms with Gasteiger partial charge in [-0.15, -0.1) is 0 Å². The van der Waals surface area contributed by atoms with E-state index in [9.17, 15) is 9.18 Å². The van der Waals surface area contributed by atoms with Crippen LogP contribution in [0.1, 0.15) is 15.9 Å². The Kier molecular flexibility index (Phi) is 2.63. The molecule has 94 valence electrons. The van der Waals surface area contributed by atoms with Crippen molar-refractivity contribution in [3.63, 3.8) is 0 Å². The van der Waals surface area contributed by atoms with Crippen molar-refractivity contribution in [1.29, 1.82) is 0 Å². The minimum atomic E-state index is -0.321. The van der Waals surface area contributed by atoms with E-state index in [1.807, 2.05) is 0 Å². The first-order valence-electron chi connectivity index (χ1n) is 5.87. The molecule has 2 aromatic carbocycles. The number of benzene rings is 2. The molecule has 0 amide bonds. The summed E-state index contributed by atoms with van der Waals surface area (Å²) in [5, 5.41) is 5.06. The standard InChI is InChI=1S/C15H11FN2O/c1-18-9-10(8-17-18)15(19)13-6-7-14(16)12-5-3-2-4-11(12)13/h2-9H,1H3. The van der Waals surface area contributed by atoms with Gasteiger partial charge in [0.25, 0.3) is 0 Å². The third-order valence-electron chi connectivity index (χ3n) is 3.08. The number of aromatic nitrogens is 2. The largest absolute Gasteiger partial charge is 0.288 e. The van der Waals surface area contributed by atoms with Crippen molar-refractivity contribution in [3.8, 4) is 0 Å². The topological polar surface area (TPSA) is 34.9 Å². The second-order valence-electron chi connectivity index (χ2n) is 4.37. The van der Waals surface area contributed by atoms with Crippen molar-refractivity contribution in [2.75, 3.05) is 0 Å². The molecule has 0 saturated carbocycles. The summed E-state index contributed by atoms with van der Waals surface area (Å²) in [7, 11) is 1.75. The third-order valence-corrected chi connectivity index (χ3v) is 3.08. The Bertz CT molecular complexity index is 777. The van der Waals surface area contributed by atoms with Crippen LogP contribution in [0.4, 0.5) is 4.39 Å². The van der Waals surface area contributed by atoms with E-state index < -0.39 is 0 Å². The summed E-state index contributed by atoms with van der Waals surface area (Å²) in [6.45, 7) is 0. The zero-order valence-corrected chi connectivity index (χ0v) is 10.3. The van der Waals surface area contributed by atoms with Gasteiger partial charge in [-0.3, -0.25) is 9.48 Å². The van der Waals surface area contributed by atoms with Crippen molar-refractivity contribution in [3.05, 3.63) is 65.7 Å². The molecule has 0 aliphatic carbocycles. The van der Waals surface area contributed by atoms with Gasteiger partial charge in [0.1, 0.15) is 5.82 Å². The van der Waals surface area contributed by atoms with Gasteiger partial charge in [0, 0.05) is 24.2 Å². The lowest BCUT2D eigenvalue weighted by molar-refractivity contribution is 0.104. The number of hydrogen-bond donors (Lipinski definition) is 0. The maximum Gasteiger partial charge on any atom is 0.196 e. The summed E-state index contributed by atoms with van der Waals surface area (Å²) in [6.07, 6.45) is 3.17. The molecule has 1 heterocycles. The van der Waals surface area contributed by atoms with Crippen LogP contribution in [0, 0.1) is 5.82 Å². The van der Waals surface area contributed by atoms with Crippen LogP contribution in [0.5, 0.6) is 0 Å². The van der Waals surface area contributed by atoms with E-state index in [-0.39, 0.29) is 11.6 Å². The lowest BCUT2D eigenvalue weighted by Gasteiger charge is -2.05. The van der Waals surface area contributed by atoms with Gasteiger partial charge in [-0.05, 0) is 17.5 Å². The first-order valence-corrected chi connectivity index (χ1v) is 5.87. The Morgan fingerprint density at radius 2 is 1.89 bits per heavy atom. The van der Waals surface area contributed by atoms with Gasteiger partial charge in [0.15, 0.2) is 5.78 Å². The van der Waals surface area contributed by atoms with Crippen LogP contribution in [0.15, 0.2) is 48.8 Å². The Morgan fingerprint density at radius 1 is 1.16 bits per heavy atom. The van der Waals surface area contributed by atoms with E-state index >= 15 is 0 Å². The third kappa shape index (κ3) is 1.91. The van der Waals surface area contributed by atoms with E-state index in [2.05, 4.69) is 5.10 Å². The first-order chi connectivity index (χ1) is 9.16. The van der Waals surface area contributed by atoms with Crippen molar-refractivity contribution >= 4 is 16.6 Å². The summed E-state index contributed by atoms with van der Waals surface area (Å²) in [5.74, 6) is -0.470. The van der Waals surface area contributed by atoms with E-state index in [4.69, 9.17) is 0 Å². The zero-order valence-electron chi connectivity index (χ0n) is 10.3. The molecule has 3 nitrogen and oxygen atoms in total. The molecular weight excluding hydrogens is 243 g/mol. The second-order valence-corrected chi connectivity index (χ2v) is 4.37. The van der Waals surface area contributed by atoms with Crippen molar-refractivity contribution in [2.24, 2.45) is 7.05 Å². The number of nitrogens with zero attached hydrogens (tertiary/aromatic N) is 2. The molecule has 4 heteroatoms. The van der Waals surface area contributed by atoms with Crippen LogP contribution in [0.2, 0.25) is 0 Å². The smallest absolute Gasteiger partial charge is 0.196 e. The summed E-state index contributed by atoms with van der Waals surface area (Å²) in [4.78, 5) is 12.4. The van der Waals surface area contributed by atoms with Gasteiger partial charge < -0.3 is 0 Å². The molecule has 1 aromatic heterocycles. The van der Waals surface area contributed by atoms with Crippen LogP contribution < -0.4 is 0 Å². The average Bonchev–Trinajstić information content (AvgIpc) is 2.86. The minimum Gasteiger partial charge on any atom is -0.288 e. The molecule has 3 aromatic rings. The van der Waals surface area contributed by atoms with Gasteiger partial charge in [0.2, 0.25) is 0 Å². The van der Waals surface area contributed by atoms with Gasteiger partial charge in [-0.1, -0.05) is 24.3 Å². The molecule has 0 fully saturated rings. The highest BCUT2D eigenvalue weighted by atomic mass is 19.1. The number of rotatable bonds is 2. The average molecular weight is 254 g/mol. The highest BCUT2D eigenvalue weighted by Crippen LogP contribution is 2.23. The van der Waals surface area contributed by atoms with Crippen LogP contribution in [-0.4, -0.2) is 15.6 Å².